The predicted octanol–water partition coefficient (Wildman–Crippen LogP) is 0.609. The van der Waals surface area contributed by atoms with Gasteiger partial charge in [-0.3, -0.25) is 4.79 Å². The maximum Gasteiger partial charge on any atom is 0.245 e. The lowest BCUT2D eigenvalue weighted by molar-refractivity contribution is -0.137. The highest BCUT2D eigenvalue weighted by Crippen LogP contribution is 2.19. The summed E-state index contributed by atoms with van der Waals surface area (Å²) < 4.78 is 5.21. The topological polar surface area (TPSA) is 55.6 Å². The van der Waals surface area contributed by atoms with Crippen LogP contribution in [0.1, 0.15) is 27.2 Å². The number of amides is 1. The molecule has 15 heavy (non-hydrogen) atoms. The summed E-state index contributed by atoms with van der Waals surface area (Å²) in [7, 11) is 0. The van der Waals surface area contributed by atoms with E-state index in [2.05, 4.69) is 13.8 Å². The molecule has 1 amide bonds. The normalized spacial score (nSPS) is 25.9. The van der Waals surface area contributed by atoms with Crippen molar-refractivity contribution in [2.45, 2.75) is 32.7 Å². The zero-order valence-electron chi connectivity index (χ0n) is 9.95. The van der Waals surface area contributed by atoms with E-state index in [1.807, 2.05) is 11.8 Å². The van der Waals surface area contributed by atoms with Crippen LogP contribution in [0.15, 0.2) is 0 Å². The van der Waals surface area contributed by atoms with Gasteiger partial charge < -0.3 is 15.4 Å². The summed E-state index contributed by atoms with van der Waals surface area (Å²) >= 11 is 0. The minimum Gasteiger partial charge on any atom is -0.379 e. The number of rotatable bonds is 4. The Morgan fingerprint density at radius 2 is 2.27 bits per heavy atom. The average molecular weight is 214 g/mol. The monoisotopic (exact) mass is 214 g/mol. The third-order valence-electron chi connectivity index (χ3n) is 2.73. The van der Waals surface area contributed by atoms with Crippen LogP contribution >= 0.6 is 0 Å². The number of nitrogens with zero attached hydrogens (tertiary/aromatic N) is 1. The molecule has 1 aliphatic rings. The van der Waals surface area contributed by atoms with Crippen LogP contribution < -0.4 is 5.73 Å². The highest BCUT2D eigenvalue weighted by molar-refractivity contribution is 5.86. The Labute approximate surface area is 91.8 Å². The lowest BCUT2D eigenvalue weighted by atomic mass is 9.98. The van der Waals surface area contributed by atoms with Gasteiger partial charge in [-0.15, -0.1) is 0 Å². The lowest BCUT2D eigenvalue weighted by Gasteiger charge is -2.30. The molecule has 2 N–H and O–H groups in total. The van der Waals surface area contributed by atoms with Gasteiger partial charge in [-0.1, -0.05) is 13.8 Å². The Morgan fingerprint density at radius 3 is 2.67 bits per heavy atom. The van der Waals surface area contributed by atoms with E-state index in [9.17, 15) is 4.79 Å². The lowest BCUT2D eigenvalue weighted by Crippen LogP contribution is -2.56. The number of hydrogen-bond donors (Lipinski definition) is 1. The van der Waals surface area contributed by atoms with Crippen molar-refractivity contribution in [3.05, 3.63) is 0 Å². The Balaban J connectivity index is 2.63. The third-order valence-corrected chi connectivity index (χ3v) is 2.73. The second-order valence-electron chi connectivity index (χ2n) is 4.70. The van der Waals surface area contributed by atoms with Gasteiger partial charge in [0.15, 0.2) is 0 Å². The maximum atomic E-state index is 12.2. The highest BCUT2D eigenvalue weighted by Gasteiger charge is 2.40. The van der Waals surface area contributed by atoms with E-state index in [-0.39, 0.29) is 5.91 Å². The average Bonchev–Trinajstić information content (AvgIpc) is 2.61. The number of nitrogens with two attached hydrogens (primary N) is 1. The van der Waals surface area contributed by atoms with Gasteiger partial charge in [0, 0.05) is 19.7 Å². The summed E-state index contributed by atoms with van der Waals surface area (Å²) in [5.41, 5.74) is 5.27. The number of carbonyl (C=O) groups excluding carboxylic acids is 1. The molecule has 0 saturated carbocycles. The molecule has 0 aromatic carbocycles. The van der Waals surface area contributed by atoms with Crippen molar-refractivity contribution in [1.82, 2.24) is 4.90 Å². The van der Waals surface area contributed by atoms with E-state index < -0.39 is 5.54 Å². The number of hydrogen-bond acceptors (Lipinski definition) is 3. The molecule has 4 nitrogen and oxygen atoms in total. The van der Waals surface area contributed by atoms with Gasteiger partial charge in [-0.05, 0) is 19.3 Å². The predicted molar refractivity (Wildman–Crippen MR) is 59.4 cm³/mol. The second kappa shape index (κ2) is 4.94. The second-order valence-corrected chi connectivity index (χ2v) is 4.70. The minimum atomic E-state index is -0.773. The molecule has 0 aromatic rings. The molecule has 0 aromatic heterocycles. The molecule has 1 aliphatic heterocycles. The molecule has 4 heteroatoms. The van der Waals surface area contributed by atoms with Crippen molar-refractivity contribution < 1.29 is 9.53 Å². The summed E-state index contributed by atoms with van der Waals surface area (Å²) in [4.78, 5) is 14.0. The van der Waals surface area contributed by atoms with E-state index in [0.717, 1.165) is 13.1 Å². The zero-order chi connectivity index (χ0) is 11.5. The van der Waals surface area contributed by atoms with Crippen LogP contribution in [0.2, 0.25) is 0 Å². The number of ether oxygens (including phenoxy) is 1. The fourth-order valence-corrected chi connectivity index (χ4v) is 1.86. The molecule has 88 valence electrons. The van der Waals surface area contributed by atoms with Gasteiger partial charge in [0.05, 0.1) is 6.61 Å². The van der Waals surface area contributed by atoms with Gasteiger partial charge >= 0.3 is 0 Å². The molecule has 0 bridgehead atoms. The summed E-state index contributed by atoms with van der Waals surface area (Å²) in [6, 6.07) is 0. The molecule has 1 rings (SSSR count). The first-order valence-electron chi connectivity index (χ1n) is 5.65. The van der Waals surface area contributed by atoms with Crippen molar-refractivity contribution in [2.24, 2.45) is 11.7 Å². The van der Waals surface area contributed by atoms with Crippen LogP contribution in [0.5, 0.6) is 0 Å². The van der Waals surface area contributed by atoms with Crippen LogP contribution in [-0.4, -0.2) is 42.6 Å². The Hall–Kier alpha value is -0.610. The molecule has 1 heterocycles. The Morgan fingerprint density at radius 1 is 1.60 bits per heavy atom. The summed E-state index contributed by atoms with van der Waals surface area (Å²) in [5, 5.41) is 0. The largest absolute Gasteiger partial charge is 0.379 e. The van der Waals surface area contributed by atoms with Gasteiger partial charge in [-0.25, -0.2) is 0 Å². The molecule has 0 aliphatic carbocycles. The summed E-state index contributed by atoms with van der Waals surface area (Å²) in [5.74, 6) is 0.510. The molecular weight excluding hydrogens is 192 g/mol. The molecule has 0 spiro atoms. The molecular formula is C11H22N2O2. The quantitative estimate of drug-likeness (QED) is 0.746. The van der Waals surface area contributed by atoms with Gasteiger partial charge in [-0.2, -0.15) is 0 Å². The first-order valence-corrected chi connectivity index (χ1v) is 5.65. The van der Waals surface area contributed by atoms with Crippen LogP contribution in [0.3, 0.4) is 0 Å². The van der Waals surface area contributed by atoms with Crippen LogP contribution in [0.25, 0.3) is 0 Å². The van der Waals surface area contributed by atoms with Crippen molar-refractivity contribution in [1.29, 1.82) is 0 Å². The number of likely N-dealkylation sites (N-methyl/N-ethyl adjacent to an activating group) is 1. The van der Waals surface area contributed by atoms with E-state index in [4.69, 9.17) is 10.5 Å². The van der Waals surface area contributed by atoms with Crippen LogP contribution in [-0.2, 0) is 9.53 Å². The zero-order valence-corrected chi connectivity index (χ0v) is 9.95. The van der Waals surface area contributed by atoms with E-state index in [1.54, 1.807) is 0 Å². The minimum absolute atomic E-state index is 0.0381. The fourth-order valence-electron chi connectivity index (χ4n) is 1.86. The Kier molecular flexibility index (Phi) is 4.11. The third kappa shape index (κ3) is 2.92. The van der Waals surface area contributed by atoms with Crippen molar-refractivity contribution in [3.63, 3.8) is 0 Å². The summed E-state index contributed by atoms with van der Waals surface area (Å²) in [6.45, 7) is 8.64. The van der Waals surface area contributed by atoms with E-state index in [1.165, 1.54) is 0 Å². The smallest absolute Gasteiger partial charge is 0.245 e. The highest BCUT2D eigenvalue weighted by atomic mass is 16.5. The fraction of sp³-hybridized carbons (Fsp3) is 0.909. The molecule has 0 radical (unpaired) electrons. The first-order chi connectivity index (χ1) is 6.99. The standard InChI is InChI=1S/C11H22N2O2/c1-4-13(7-9(2)3)10(14)11(12)5-6-15-8-11/h9H,4-8,12H2,1-3H3. The van der Waals surface area contributed by atoms with Crippen LogP contribution in [0, 0.1) is 5.92 Å². The van der Waals surface area contributed by atoms with Crippen molar-refractivity contribution in [2.75, 3.05) is 26.3 Å². The van der Waals surface area contributed by atoms with Gasteiger partial charge in [0.2, 0.25) is 5.91 Å². The molecule has 1 unspecified atom stereocenters. The van der Waals surface area contributed by atoms with Crippen molar-refractivity contribution in [3.8, 4) is 0 Å². The molecule has 1 atom stereocenters. The summed E-state index contributed by atoms with van der Waals surface area (Å²) in [6.07, 6.45) is 0.639. The number of carbonyl (C=O) groups is 1. The maximum absolute atomic E-state index is 12.2. The van der Waals surface area contributed by atoms with Gasteiger partial charge in [0.1, 0.15) is 5.54 Å². The van der Waals surface area contributed by atoms with E-state index in [0.29, 0.717) is 25.6 Å². The molecule has 1 saturated heterocycles. The molecule has 1 fully saturated rings. The van der Waals surface area contributed by atoms with E-state index >= 15 is 0 Å². The van der Waals surface area contributed by atoms with Crippen molar-refractivity contribution >= 4 is 5.91 Å². The van der Waals surface area contributed by atoms with Crippen LogP contribution in [0.4, 0.5) is 0 Å². The van der Waals surface area contributed by atoms with Gasteiger partial charge in [0.25, 0.3) is 0 Å². The Bertz CT molecular complexity index is 223. The SMILES string of the molecule is CCN(CC(C)C)C(=O)C1(N)CCOC1. The first kappa shape index (κ1) is 12.5.